The summed E-state index contributed by atoms with van der Waals surface area (Å²) in [5.41, 5.74) is 3.01. The molecule has 0 aromatic rings. The van der Waals surface area contributed by atoms with Crippen LogP contribution in [0.4, 0.5) is 0 Å². The van der Waals surface area contributed by atoms with Gasteiger partial charge in [-0.05, 0) is 57.1 Å². The molecule has 1 aliphatic heterocycles. The molecule has 22 heavy (non-hydrogen) atoms. The maximum absolute atomic E-state index is 4.94. The highest BCUT2D eigenvalue weighted by Crippen LogP contribution is 2.20. The van der Waals surface area contributed by atoms with Crippen LogP contribution in [0.1, 0.15) is 96.3 Å². The van der Waals surface area contributed by atoms with Gasteiger partial charge in [0.2, 0.25) is 0 Å². The predicted octanol–water partition coefficient (Wildman–Crippen LogP) is 5.78. The van der Waals surface area contributed by atoms with Gasteiger partial charge in [0.05, 0.1) is 6.67 Å². The maximum atomic E-state index is 4.94. The van der Waals surface area contributed by atoms with Crippen LogP contribution in [0.3, 0.4) is 0 Å². The molecule has 0 fully saturated rings. The lowest BCUT2D eigenvalue weighted by Crippen LogP contribution is -2.17. The number of nitrogens with zero attached hydrogens (tertiary/aromatic N) is 1. The monoisotopic (exact) mass is 304 g/mol. The highest BCUT2D eigenvalue weighted by molar-refractivity contribution is 6.00. The first kappa shape index (κ1) is 17.7. The summed E-state index contributed by atoms with van der Waals surface area (Å²) in [7, 11) is 0. The van der Waals surface area contributed by atoms with Crippen LogP contribution in [0, 0.1) is 0 Å². The van der Waals surface area contributed by atoms with Gasteiger partial charge < -0.3 is 0 Å². The van der Waals surface area contributed by atoms with Crippen LogP contribution in [0.2, 0.25) is 0 Å². The third-order valence-corrected chi connectivity index (χ3v) is 5.06. The lowest BCUT2D eigenvalue weighted by atomic mass is 9.97. The van der Waals surface area contributed by atoms with Gasteiger partial charge in [-0.15, -0.1) is 0 Å². The molecule has 2 nitrogen and oxygen atoms in total. The summed E-state index contributed by atoms with van der Waals surface area (Å²) in [6.07, 6.45) is 22.9. The largest absolute Gasteiger partial charge is 0.298 e. The van der Waals surface area contributed by atoms with Gasteiger partial charge in [-0.3, -0.25) is 10.3 Å². The number of rotatable bonds is 1. The van der Waals surface area contributed by atoms with Gasteiger partial charge in [0.1, 0.15) is 0 Å². The van der Waals surface area contributed by atoms with Crippen LogP contribution < -0.4 is 5.32 Å². The van der Waals surface area contributed by atoms with Gasteiger partial charge in [0.15, 0.2) is 0 Å². The van der Waals surface area contributed by atoms with Gasteiger partial charge in [-0.2, -0.15) is 0 Å². The fourth-order valence-corrected chi connectivity index (χ4v) is 3.63. The topological polar surface area (TPSA) is 24.4 Å². The predicted molar refractivity (Wildman–Crippen MR) is 97.6 cm³/mol. The third-order valence-electron chi connectivity index (χ3n) is 5.06. The first-order valence-corrected chi connectivity index (χ1v) is 9.90. The summed E-state index contributed by atoms with van der Waals surface area (Å²) in [6.45, 7) is 1.96. The fourth-order valence-electron chi connectivity index (χ4n) is 3.63. The second-order valence-corrected chi connectivity index (χ2v) is 7.02. The average molecular weight is 305 g/mol. The van der Waals surface area contributed by atoms with E-state index in [9.17, 15) is 0 Å². The van der Waals surface area contributed by atoms with E-state index in [0.29, 0.717) is 0 Å². The van der Waals surface area contributed by atoms with E-state index in [0.717, 1.165) is 13.2 Å². The number of hydrogen-bond donors (Lipinski definition) is 1. The van der Waals surface area contributed by atoms with Crippen molar-refractivity contribution in [3.63, 3.8) is 0 Å². The second kappa shape index (κ2) is 11.9. The van der Waals surface area contributed by atoms with Crippen LogP contribution in [-0.4, -0.2) is 18.9 Å². The lowest BCUT2D eigenvalue weighted by Gasteiger charge is -2.12. The molecule has 0 unspecified atom stereocenters. The molecule has 0 saturated carbocycles. The van der Waals surface area contributed by atoms with Crippen LogP contribution in [0.5, 0.6) is 0 Å². The summed E-state index contributed by atoms with van der Waals surface area (Å²) in [5.74, 6) is 0. The van der Waals surface area contributed by atoms with Crippen LogP contribution in [-0.2, 0) is 0 Å². The van der Waals surface area contributed by atoms with Crippen LogP contribution in [0.25, 0.3) is 0 Å². The first-order chi connectivity index (χ1) is 11.0. The van der Waals surface area contributed by atoms with Crippen molar-refractivity contribution in [1.29, 1.82) is 0 Å². The fraction of sp³-hybridized carbons (Fsp3) is 0.850. The quantitative estimate of drug-likeness (QED) is 0.652. The highest BCUT2D eigenvalue weighted by atomic mass is 15.0. The lowest BCUT2D eigenvalue weighted by molar-refractivity contribution is 0.588. The molecule has 126 valence electrons. The maximum Gasteiger partial charge on any atom is 0.0887 e. The van der Waals surface area contributed by atoms with Gasteiger partial charge in [0, 0.05) is 5.71 Å². The smallest absolute Gasteiger partial charge is 0.0887 e. The molecule has 0 bridgehead atoms. The van der Waals surface area contributed by atoms with Crippen molar-refractivity contribution >= 4 is 5.71 Å². The standard InChI is InChI=1S/C20H36N2/c1-2-4-7-11-15-19(14-10-6-3-1)20-16-12-8-5-9-13-17-21-18-22-20/h14,21H,1-13,15-18H2/b19-14+,22-20+. The number of hydrogen-bond acceptors (Lipinski definition) is 2. The molecule has 0 amide bonds. The Hall–Kier alpha value is -0.630. The molecule has 0 atom stereocenters. The molecular weight excluding hydrogens is 268 g/mol. The molecular formula is C20H36N2. The Labute approximate surface area is 137 Å². The van der Waals surface area contributed by atoms with Gasteiger partial charge >= 0.3 is 0 Å². The second-order valence-electron chi connectivity index (χ2n) is 7.02. The molecule has 0 spiro atoms. The Balaban J connectivity index is 1.97. The minimum Gasteiger partial charge on any atom is -0.298 e. The SMILES string of the molecule is C1=C(/C2=N/CNCCCCCCC2)CCCCCCCCC/1. The Morgan fingerprint density at radius 3 is 2.14 bits per heavy atom. The van der Waals surface area contributed by atoms with E-state index in [1.807, 2.05) is 0 Å². The summed E-state index contributed by atoms with van der Waals surface area (Å²) in [4.78, 5) is 4.94. The summed E-state index contributed by atoms with van der Waals surface area (Å²) >= 11 is 0. The van der Waals surface area contributed by atoms with E-state index in [1.54, 1.807) is 5.57 Å². The van der Waals surface area contributed by atoms with Crippen molar-refractivity contribution in [2.75, 3.05) is 13.2 Å². The van der Waals surface area contributed by atoms with Crippen LogP contribution >= 0.6 is 0 Å². The number of nitrogens with one attached hydrogen (secondary N) is 1. The normalized spacial score (nSPS) is 29.1. The molecule has 0 saturated heterocycles. The van der Waals surface area contributed by atoms with E-state index >= 15 is 0 Å². The van der Waals surface area contributed by atoms with Crippen molar-refractivity contribution in [1.82, 2.24) is 5.32 Å². The molecule has 2 heteroatoms. The summed E-state index contributed by atoms with van der Waals surface area (Å²) in [5, 5.41) is 3.50. The Bertz CT molecular complexity index is 310. The van der Waals surface area contributed by atoms with Gasteiger partial charge in [-0.25, -0.2) is 0 Å². The van der Waals surface area contributed by atoms with Gasteiger partial charge in [-0.1, -0.05) is 57.4 Å². The zero-order valence-corrected chi connectivity index (χ0v) is 14.5. The Morgan fingerprint density at radius 1 is 0.682 bits per heavy atom. The highest BCUT2D eigenvalue weighted by Gasteiger charge is 2.09. The minimum atomic E-state index is 0.826. The Morgan fingerprint density at radius 2 is 1.32 bits per heavy atom. The third kappa shape index (κ3) is 7.58. The van der Waals surface area contributed by atoms with Crippen molar-refractivity contribution in [2.45, 2.75) is 96.3 Å². The zero-order valence-electron chi connectivity index (χ0n) is 14.5. The molecule has 0 aromatic heterocycles. The summed E-state index contributed by atoms with van der Waals surface area (Å²) in [6, 6.07) is 0. The number of aliphatic imine (C=N–C) groups is 1. The molecule has 1 N–H and O–H groups in total. The molecule has 2 aliphatic rings. The van der Waals surface area contributed by atoms with Crippen molar-refractivity contribution in [3.05, 3.63) is 11.6 Å². The minimum absolute atomic E-state index is 0.826. The molecule has 2 rings (SSSR count). The average Bonchev–Trinajstić information content (AvgIpc) is 2.64. The van der Waals surface area contributed by atoms with E-state index < -0.39 is 0 Å². The first-order valence-electron chi connectivity index (χ1n) is 9.90. The molecule has 0 aromatic carbocycles. The van der Waals surface area contributed by atoms with E-state index in [1.165, 1.54) is 102 Å². The van der Waals surface area contributed by atoms with E-state index in [-0.39, 0.29) is 0 Å². The molecule has 1 aliphatic carbocycles. The number of allylic oxidation sites excluding steroid dienone is 2. The zero-order chi connectivity index (χ0) is 15.3. The van der Waals surface area contributed by atoms with E-state index in [2.05, 4.69) is 11.4 Å². The summed E-state index contributed by atoms with van der Waals surface area (Å²) < 4.78 is 0. The van der Waals surface area contributed by atoms with Crippen molar-refractivity contribution in [3.8, 4) is 0 Å². The van der Waals surface area contributed by atoms with E-state index in [4.69, 9.17) is 4.99 Å². The molecule has 0 radical (unpaired) electrons. The van der Waals surface area contributed by atoms with Crippen molar-refractivity contribution in [2.24, 2.45) is 4.99 Å². The van der Waals surface area contributed by atoms with Crippen molar-refractivity contribution < 1.29 is 0 Å². The Kier molecular flexibility index (Phi) is 9.56. The molecule has 1 heterocycles. The van der Waals surface area contributed by atoms with Gasteiger partial charge in [0.25, 0.3) is 0 Å². The van der Waals surface area contributed by atoms with Crippen LogP contribution in [0.15, 0.2) is 16.6 Å².